The quantitative estimate of drug-likeness (QED) is 0.775. The summed E-state index contributed by atoms with van der Waals surface area (Å²) in [6.45, 7) is 5.75. The molecule has 1 aromatic heterocycles. The molecule has 1 atom stereocenters. The molecule has 0 saturated heterocycles. The molecule has 2 nitrogen and oxygen atoms in total. The molecule has 1 aliphatic carbocycles. The molecule has 0 aromatic carbocycles. The molecule has 0 bridgehead atoms. The highest BCUT2D eigenvalue weighted by Crippen LogP contribution is 2.28. The first kappa shape index (κ1) is 10.7. The Balaban J connectivity index is 1.87. The van der Waals surface area contributed by atoms with E-state index in [0.717, 1.165) is 19.0 Å². The zero-order valence-electron chi connectivity index (χ0n) is 9.75. The van der Waals surface area contributed by atoms with Crippen molar-refractivity contribution in [2.24, 2.45) is 5.41 Å². The van der Waals surface area contributed by atoms with Gasteiger partial charge in [-0.3, -0.25) is 0 Å². The Hall–Kier alpha value is -0.760. The van der Waals surface area contributed by atoms with Crippen LogP contribution in [0.15, 0.2) is 23.0 Å². The van der Waals surface area contributed by atoms with Gasteiger partial charge in [0.05, 0.1) is 12.5 Å². The molecule has 0 spiro atoms. The first-order chi connectivity index (χ1) is 7.22. The van der Waals surface area contributed by atoms with Gasteiger partial charge in [-0.15, -0.1) is 0 Å². The van der Waals surface area contributed by atoms with Crippen LogP contribution in [0.4, 0.5) is 0 Å². The Kier molecular flexibility index (Phi) is 3.15. The predicted octanol–water partition coefficient (Wildman–Crippen LogP) is 2.99. The minimum absolute atomic E-state index is 0.368. The third-order valence-corrected chi connectivity index (χ3v) is 3.46. The van der Waals surface area contributed by atoms with Gasteiger partial charge < -0.3 is 9.73 Å². The van der Waals surface area contributed by atoms with Crippen molar-refractivity contribution in [3.05, 3.63) is 24.2 Å². The Morgan fingerprint density at radius 1 is 1.53 bits per heavy atom. The summed E-state index contributed by atoms with van der Waals surface area (Å²) >= 11 is 0. The lowest BCUT2D eigenvalue weighted by atomic mass is 9.81. The van der Waals surface area contributed by atoms with Gasteiger partial charge in [-0.2, -0.15) is 0 Å². The van der Waals surface area contributed by atoms with E-state index in [-0.39, 0.29) is 0 Å². The summed E-state index contributed by atoms with van der Waals surface area (Å²) in [5, 5.41) is 3.63. The highest BCUT2D eigenvalue weighted by Gasteiger charge is 2.27. The second-order valence-electron chi connectivity index (χ2n) is 5.13. The fraction of sp³-hybridized carbons (Fsp3) is 0.692. The van der Waals surface area contributed by atoms with E-state index in [4.69, 9.17) is 4.42 Å². The number of hydrogen-bond donors (Lipinski definition) is 1. The van der Waals surface area contributed by atoms with Gasteiger partial charge in [0.2, 0.25) is 0 Å². The molecule has 15 heavy (non-hydrogen) atoms. The van der Waals surface area contributed by atoms with Crippen LogP contribution in [0, 0.1) is 5.41 Å². The van der Waals surface area contributed by atoms with Crippen molar-refractivity contribution >= 4 is 0 Å². The third-order valence-electron chi connectivity index (χ3n) is 3.46. The van der Waals surface area contributed by atoms with Crippen LogP contribution in [0.3, 0.4) is 0 Å². The van der Waals surface area contributed by atoms with E-state index < -0.39 is 0 Å². The van der Waals surface area contributed by atoms with E-state index in [2.05, 4.69) is 25.2 Å². The van der Waals surface area contributed by atoms with Crippen LogP contribution < -0.4 is 5.32 Å². The Labute approximate surface area is 92.1 Å². The molecule has 2 heteroatoms. The summed E-state index contributed by atoms with van der Waals surface area (Å²) in [5.41, 5.74) is 1.68. The maximum atomic E-state index is 5.12. The second kappa shape index (κ2) is 4.40. The van der Waals surface area contributed by atoms with Crippen LogP contribution >= 0.6 is 0 Å². The standard InChI is InChI=1S/C13H21NO/c1-3-13(2,10-14-12-4-5-12)8-11-6-7-15-9-11/h6-7,9,12,14H,3-5,8,10H2,1-2H3. The molecule has 1 fully saturated rings. The molecule has 0 amide bonds. The predicted molar refractivity (Wildman–Crippen MR) is 61.8 cm³/mol. The highest BCUT2D eigenvalue weighted by molar-refractivity contribution is 5.08. The van der Waals surface area contributed by atoms with Gasteiger partial charge in [-0.25, -0.2) is 0 Å². The molecule has 0 radical (unpaired) electrons. The molecule has 1 N–H and O–H groups in total. The smallest absolute Gasteiger partial charge is 0.0934 e. The zero-order chi connectivity index (χ0) is 10.7. The molecule has 84 valence electrons. The Morgan fingerprint density at radius 2 is 2.33 bits per heavy atom. The molecule has 2 rings (SSSR count). The monoisotopic (exact) mass is 207 g/mol. The van der Waals surface area contributed by atoms with Crippen LogP contribution in [0.25, 0.3) is 0 Å². The van der Waals surface area contributed by atoms with Gasteiger partial charge in [0.1, 0.15) is 0 Å². The lowest BCUT2D eigenvalue weighted by Gasteiger charge is -2.28. The van der Waals surface area contributed by atoms with Crippen molar-refractivity contribution in [1.82, 2.24) is 5.32 Å². The molecule has 1 heterocycles. The summed E-state index contributed by atoms with van der Waals surface area (Å²) in [5.74, 6) is 0. The third kappa shape index (κ3) is 3.10. The van der Waals surface area contributed by atoms with Gasteiger partial charge in [0.15, 0.2) is 0 Å². The normalized spacial score (nSPS) is 20.1. The van der Waals surface area contributed by atoms with Gasteiger partial charge in [0.25, 0.3) is 0 Å². The Bertz CT molecular complexity index is 289. The maximum absolute atomic E-state index is 5.12. The minimum Gasteiger partial charge on any atom is -0.472 e. The van der Waals surface area contributed by atoms with Crippen molar-refractivity contribution in [2.75, 3.05) is 6.54 Å². The average Bonchev–Trinajstić information content (AvgIpc) is 2.94. The topological polar surface area (TPSA) is 25.2 Å². The molecule has 1 saturated carbocycles. The maximum Gasteiger partial charge on any atom is 0.0934 e. The van der Waals surface area contributed by atoms with E-state index >= 15 is 0 Å². The minimum atomic E-state index is 0.368. The summed E-state index contributed by atoms with van der Waals surface area (Å²) in [7, 11) is 0. The van der Waals surface area contributed by atoms with E-state index in [1.54, 1.807) is 6.26 Å². The van der Waals surface area contributed by atoms with Crippen molar-refractivity contribution in [3.63, 3.8) is 0 Å². The molecule has 1 aliphatic rings. The SMILES string of the molecule is CCC(C)(CNC1CC1)Cc1ccoc1. The van der Waals surface area contributed by atoms with Crippen molar-refractivity contribution in [2.45, 2.75) is 45.6 Å². The lowest BCUT2D eigenvalue weighted by Crippen LogP contribution is -2.34. The fourth-order valence-electron chi connectivity index (χ4n) is 1.88. The van der Waals surface area contributed by atoms with Crippen LogP contribution in [-0.2, 0) is 6.42 Å². The number of hydrogen-bond acceptors (Lipinski definition) is 2. The van der Waals surface area contributed by atoms with E-state index in [9.17, 15) is 0 Å². The van der Waals surface area contributed by atoms with Gasteiger partial charge in [0, 0.05) is 12.6 Å². The number of furan rings is 1. The molecule has 1 aromatic rings. The van der Waals surface area contributed by atoms with E-state index in [0.29, 0.717) is 5.41 Å². The van der Waals surface area contributed by atoms with Crippen molar-refractivity contribution in [1.29, 1.82) is 0 Å². The van der Waals surface area contributed by atoms with Gasteiger partial charge >= 0.3 is 0 Å². The number of rotatable bonds is 6. The molecule has 1 unspecified atom stereocenters. The Morgan fingerprint density at radius 3 is 2.87 bits per heavy atom. The van der Waals surface area contributed by atoms with Crippen LogP contribution in [0.1, 0.15) is 38.7 Å². The van der Waals surface area contributed by atoms with Gasteiger partial charge in [-0.1, -0.05) is 13.8 Å². The molecular weight excluding hydrogens is 186 g/mol. The zero-order valence-corrected chi connectivity index (χ0v) is 9.75. The highest BCUT2D eigenvalue weighted by atomic mass is 16.3. The fourth-order valence-corrected chi connectivity index (χ4v) is 1.88. The van der Waals surface area contributed by atoms with E-state index in [1.807, 2.05) is 6.26 Å². The first-order valence-corrected chi connectivity index (χ1v) is 5.96. The van der Waals surface area contributed by atoms with Crippen LogP contribution in [-0.4, -0.2) is 12.6 Å². The average molecular weight is 207 g/mol. The second-order valence-corrected chi connectivity index (χ2v) is 5.13. The van der Waals surface area contributed by atoms with Crippen LogP contribution in [0.2, 0.25) is 0 Å². The summed E-state index contributed by atoms with van der Waals surface area (Å²) < 4.78 is 5.12. The van der Waals surface area contributed by atoms with Crippen molar-refractivity contribution in [3.8, 4) is 0 Å². The summed E-state index contributed by atoms with van der Waals surface area (Å²) in [4.78, 5) is 0. The van der Waals surface area contributed by atoms with Crippen LogP contribution in [0.5, 0.6) is 0 Å². The van der Waals surface area contributed by atoms with E-state index in [1.165, 1.54) is 24.8 Å². The number of nitrogens with one attached hydrogen (secondary N) is 1. The summed E-state index contributed by atoms with van der Waals surface area (Å²) in [6.07, 6.45) is 8.68. The molecule has 0 aliphatic heterocycles. The molecular formula is C13H21NO. The van der Waals surface area contributed by atoms with Crippen molar-refractivity contribution < 1.29 is 4.42 Å². The van der Waals surface area contributed by atoms with Gasteiger partial charge in [-0.05, 0) is 42.7 Å². The summed E-state index contributed by atoms with van der Waals surface area (Å²) in [6, 6.07) is 2.88. The largest absolute Gasteiger partial charge is 0.472 e. The first-order valence-electron chi connectivity index (χ1n) is 5.96. The lowest BCUT2D eigenvalue weighted by molar-refractivity contribution is 0.288.